The lowest BCUT2D eigenvalue weighted by Gasteiger charge is -2.10. The zero-order valence-electron chi connectivity index (χ0n) is 11.2. The van der Waals surface area contributed by atoms with Crippen molar-refractivity contribution in [2.24, 2.45) is 5.73 Å². The minimum atomic E-state index is 0.0795. The van der Waals surface area contributed by atoms with Crippen molar-refractivity contribution in [1.82, 2.24) is 5.32 Å². The van der Waals surface area contributed by atoms with Gasteiger partial charge in [0, 0.05) is 16.8 Å². The third-order valence-electron chi connectivity index (χ3n) is 2.70. The van der Waals surface area contributed by atoms with Crippen LogP contribution in [0.25, 0.3) is 0 Å². The van der Waals surface area contributed by atoms with E-state index in [4.69, 9.17) is 17.3 Å². The van der Waals surface area contributed by atoms with E-state index in [1.807, 2.05) is 24.3 Å². The monoisotopic (exact) mass is 300 g/mol. The topological polar surface area (TPSA) is 55.1 Å². The van der Waals surface area contributed by atoms with Crippen molar-refractivity contribution in [2.45, 2.75) is 25.0 Å². The zero-order valence-corrected chi connectivity index (χ0v) is 12.8. The van der Waals surface area contributed by atoms with Crippen LogP contribution in [-0.4, -0.2) is 30.0 Å². The first kappa shape index (κ1) is 16.3. The maximum atomic E-state index is 11.6. The number of hydrogen-bond donors (Lipinski definition) is 2. The van der Waals surface area contributed by atoms with Gasteiger partial charge in [0.05, 0.1) is 5.75 Å². The van der Waals surface area contributed by atoms with E-state index in [-0.39, 0.29) is 5.91 Å². The van der Waals surface area contributed by atoms with E-state index in [9.17, 15) is 4.79 Å². The Labute approximate surface area is 124 Å². The summed E-state index contributed by atoms with van der Waals surface area (Å²) in [6, 6.07) is 7.70. The maximum Gasteiger partial charge on any atom is 0.230 e. The summed E-state index contributed by atoms with van der Waals surface area (Å²) in [5, 5.41) is 4.08. The van der Waals surface area contributed by atoms with Crippen molar-refractivity contribution in [3.05, 3.63) is 34.9 Å². The molecule has 0 aliphatic rings. The average Bonchev–Trinajstić information content (AvgIpc) is 2.37. The Morgan fingerprint density at radius 3 is 3.00 bits per heavy atom. The molecule has 0 aliphatic heterocycles. The predicted octanol–water partition coefficient (Wildman–Crippen LogP) is 2.47. The molecule has 1 amide bonds. The molecule has 3 N–H and O–H groups in total. The Morgan fingerprint density at radius 2 is 2.32 bits per heavy atom. The molecule has 0 spiro atoms. The van der Waals surface area contributed by atoms with Gasteiger partial charge in [-0.05, 0) is 37.1 Å². The fourth-order valence-electron chi connectivity index (χ4n) is 1.63. The van der Waals surface area contributed by atoms with Gasteiger partial charge >= 0.3 is 0 Å². The molecule has 3 nitrogen and oxygen atoms in total. The number of hydrogen-bond acceptors (Lipinski definition) is 3. The molecule has 19 heavy (non-hydrogen) atoms. The van der Waals surface area contributed by atoms with E-state index in [0.717, 1.165) is 23.4 Å². The minimum absolute atomic E-state index is 0.0795. The summed E-state index contributed by atoms with van der Waals surface area (Å²) in [4.78, 5) is 11.6. The van der Waals surface area contributed by atoms with Crippen molar-refractivity contribution in [3.8, 4) is 0 Å². The van der Waals surface area contributed by atoms with Crippen LogP contribution in [-0.2, 0) is 11.2 Å². The smallest absolute Gasteiger partial charge is 0.230 e. The first-order valence-corrected chi connectivity index (χ1v) is 7.87. The van der Waals surface area contributed by atoms with Gasteiger partial charge < -0.3 is 11.1 Å². The van der Waals surface area contributed by atoms with Gasteiger partial charge in [-0.1, -0.05) is 30.7 Å². The molecule has 1 rings (SSSR count). The highest BCUT2D eigenvalue weighted by Gasteiger charge is 2.06. The van der Waals surface area contributed by atoms with Crippen LogP contribution in [0.15, 0.2) is 24.3 Å². The van der Waals surface area contributed by atoms with Crippen molar-refractivity contribution >= 4 is 29.3 Å². The van der Waals surface area contributed by atoms with Crippen LogP contribution in [0.5, 0.6) is 0 Å². The Balaban J connectivity index is 2.17. The molecule has 0 fully saturated rings. The Bertz CT molecular complexity index is 401. The van der Waals surface area contributed by atoms with Crippen LogP contribution in [0.1, 0.15) is 18.9 Å². The number of carbonyl (C=O) groups excluding carboxylic acids is 1. The van der Waals surface area contributed by atoms with Gasteiger partial charge in [-0.3, -0.25) is 4.79 Å². The molecule has 1 atom stereocenters. The molecule has 1 aromatic rings. The highest BCUT2D eigenvalue weighted by Crippen LogP contribution is 2.13. The third kappa shape index (κ3) is 7.45. The molecule has 0 saturated carbocycles. The van der Waals surface area contributed by atoms with Crippen molar-refractivity contribution in [3.63, 3.8) is 0 Å². The van der Waals surface area contributed by atoms with Gasteiger partial charge in [-0.15, -0.1) is 11.8 Å². The Hall–Kier alpha value is -0.710. The largest absolute Gasteiger partial charge is 0.355 e. The van der Waals surface area contributed by atoms with Crippen LogP contribution in [0, 0.1) is 0 Å². The molecule has 0 saturated heterocycles. The Kier molecular flexibility index (Phi) is 7.94. The molecule has 0 radical (unpaired) electrons. The van der Waals surface area contributed by atoms with Gasteiger partial charge in [-0.2, -0.15) is 0 Å². The van der Waals surface area contributed by atoms with Gasteiger partial charge in [0.1, 0.15) is 0 Å². The normalized spacial score (nSPS) is 12.2. The number of rotatable bonds is 8. The molecule has 1 unspecified atom stereocenters. The van der Waals surface area contributed by atoms with Crippen molar-refractivity contribution < 1.29 is 4.79 Å². The zero-order chi connectivity index (χ0) is 14.1. The second-order valence-corrected chi connectivity index (χ2v) is 6.29. The molecule has 0 bridgehead atoms. The van der Waals surface area contributed by atoms with E-state index in [1.165, 1.54) is 0 Å². The number of nitrogens with two attached hydrogens (primary N) is 1. The average molecular weight is 301 g/mol. The number of nitrogens with one attached hydrogen (secondary N) is 1. The van der Waals surface area contributed by atoms with Crippen LogP contribution in [0.2, 0.25) is 5.02 Å². The highest BCUT2D eigenvalue weighted by atomic mass is 35.5. The first-order chi connectivity index (χ1) is 9.11. The summed E-state index contributed by atoms with van der Waals surface area (Å²) >= 11 is 7.54. The number of carbonyl (C=O) groups is 1. The van der Waals surface area contributed by atoms with E-state index in [2.05, 4.69) is 12.2 Å². The van der Waals surface area contributed by atoms with Gasteiger partial charge in [-0.25, -0.2) is 0 Å². The standard InChI is InChI=1S/C14H21ClN2OS/c1-11(5-7-16)19-10-14(18)17-8-6-12-3-2-4-13(15)9-12/h2-4,9,11H,5-8,10,16H2,1H3,(H,17,18). The molecule has 1 aromatic carbocycles. The quantitative estimate of drug-likeness (QED) is 0.775. The number of amides is 1. The van der Waals surface area contributed by atoms with Crippen molar-refractivity contribution in [2.75, 3.05) is 18.8 Å². The summed E-state index contributed by atoms with van der Waals surface area (Å²) in [6.45, 7) is 3.41. The van der Waals surface area contributed by atoms with E-state index >= 15 is 0 Å². The van der Waals surface area contributed by atoms with Gasteiger partial charge in [0.25, 0.3) is 0 Å². The first-order valence-electron chi connectivity index (χ1n) is 6.44. The molecule has 106 valence electrons. The summed E-state index contributed by atoms with van der Waals surface area (Å²) in [5.41, 5.74) is 6.60. The number of halogens is 1. The fraction of sp³-hybridized carbons (Fsp3) is 0.500. The summed E-state index contributed by atoms with van der Waals surface area (Å²) in [5.74, 6) is 0.576. The second-order valence-electron chi connectivity index (χ2n) is 4.43. The predicted molar refractivity (Wildman–Crippen MR) is 83.8 cm³/mol. The van der Waals surface area contributed by atoms with E-state index in [0.29, 0.717) is 24.1 Å². The van der Waals surface area contributed by atoms with Crippen LogP contribution in [0.4, 0.5) is 0 Å². The fourth-order valence-corrected chi connectivity index (χ4v) is 2.68. The summed E-state index contributed by atoms with van der Waals surface area (Å²) in [6.07, 6.45) is 1.75. The lowest BCUT2D eigenvalue weighted by atomic mass is 10.1. The van der Waals surface area contributed by atoms with Crippen LogP contribution in [0.3, 0.4) is 0 Å². The maximum absolute atomic E-state index is 11.6. The second kappa shape index (κ2) is 9.23. The number of thioether (sulfide) groups is 1. The van der Waals surface area contributed by atoms with Crippen LogP contribution < -0.4 is 11.1 Å². The van der Waals surface area contributed by atoms with Gasteiger partial charge in [0.15, 0.2) is 0 Å². The summed E-state index contributed by atoms with van der Waals surface area (Å²) < 4.78 is 0. The van der Waals surface area contributed by atoms with E-state index < -0.39 is 0 Å². The molecule has 0 aromatic heterocycles. The SMILES string of the molecule is CC(CCN)SCC(=O)NCCc1cccc(Cl)c1. The molecular weight excluding hydrogens is 280 g/mol. The number of benzene rings is 1. The minimum Gasteiger partial charge on any atom is -0.355 e. The van der Waals surface area contributed by atoms with E-state index in [1.54, 1.807) is 11.8 Å². The Morgan fingerprint density at radius 1 is 1.53 bits per heavy atom. The highest BCUT2D eigenvalue weighted by molar-refractivity contribution is 8.00. The van der Waals surface area contributed by atoms with Crippen LogP contribution >= 0.6 is 23.4 Å². The third-order valence-corrected chi connectivity index (χ3v) is 4.17. The lowest BCUT2D eigenvalue weighted by molar-refractivity contribution is -0.118. The van der Waals surface area contributed by atoms with Crippen molar-refractivity contribution in [1.29, 1.82) is 0 Å². The molecule has 0 aliphatic carbocycles. The lowest BCUT2D eigenvalue weighted by Crippen LogP contribution is -2.28. The van der Waals surface area contributed by atoms with Gasteiger partial charge in [0.2, 0.25) is 5.91 Å². The summed E-state index contributed by atoms with van der Waals surface area (Å²) in [7, 11) is 0. The molecular formula is C14H21ClN2OS. The molecule has 5 heteroatoms. The molecule has 0 heterocycles.